The van der Waals surface area contributed by atoms with Crippen molar-refractivity contribution in [2.24, 2.45) is 0 Å². The van der Waals surface area contributed by atoms with Gasteiger partial charge in [-0.25, -0.2) is 9.18 Å². The van der Waals surface area contributed by atoms with Crippen LogP contribution in [0.15, 0.2) is 66.2 Å². The number of anilines is 1. The third-order valence-corrected chi connectivity index (χ3v) is 4.92. The number of carbonyl (C=O) groups is 2. The van der Waals surface area contributed by atoms with Gasteiger partial charge in [0.25, 0.3) is 5.91 Å². The Hall–Kier alpha value is -3.86. The van der Waals surface area contributed by atoms with Crippen molar-refractivity contribution in [3.8, 4) is 11.8 Å². The number of nitrogens with one attached hydrogen (secondary N) is 1. The lowest BCUT2D eigenvalue weighted by Gasteiger charge is -2.11. The zero-order valence-electron chi connectivity index (χ0n) is 16.8. The van der Waals surface area contributed by atoms with Gasteiger partial charge in [-0.1, -0.05) is 41.4 Å². The van der Waals surface area contributed by atoms with Gasteiger partial charge in [0, 0.05) is 5.69 Å². The summed E-state index contributed by atoms with van der Waals surface area (Å²) in [5.74, 6) is -2.04. The van der Waals surface area contributed by atoms with Gasteiger partial charge in [0.05, 0.1) is 15.6 Å². The lowest BCUT2D eigenvalue weighted by Crippen LogP contribution is -2.14. The van der Waals surface area contributed by atoms with Crippen LogP contribution in [0.25, 0.3) is 6.08 Å². The molecule has 9 heteroatoms. The Kier molecular flexibility index (Phi) is 7.67. The molecule has 0 atom stereocenters. The van der Waals surface area contributed by atoms with Crippen LogP contribution in [-0.2, 0) is 11.4 Å². The van der Waals surface area contributed by atoms with Crippen LogP contribution in [0.1, 0.15) is 21.5 Å². The third-order valence-electron chi connectivity index (χ3n) is 4.36. The minimum absolute atomic E-state index is 0.00919. The van der Waals surface area contributed by atoms with Crippen molar-refractivity contribution in [2.45, 2.75) is 6.61 Å². The second-order valence-electron chi connectivity index (χ2n) is 6.74. The Morgan fingerprint density at radius 3 is 2.36 bits per heavy atom. The van der Waals surface area contributed by atoms with Crippen molar-refractivity contribution < 1.29 is 23.8 Å². The number of carboxylic acid groups (broad SMARTS) is 1. The van der Waals surface area contributed by atoms with Crippen molar-refractivity contribution >= 4 is 46.8 Å². The highest BCUT2D eigenvalue weighted by atomic mass is 35.5. The van der Waals surface area contributed by atoms with E-state index in [1.165, 1.54) is 54.6 Å². The number of nitrogens with zero attached hydrogens (tertiary/aromatic N) is 1. The number of carbonyl (C=O) groups excluding carboxylic acids is 1. The molecule has 0 bridgehead atoms. The lowest BCUT2D eigenvalue weighted by atomic mass is 10.1. The maximum Gasteiger partial charge on any atom is 0.335 e. The molecule has 166 valence electrons. The first-order chi connectivity index (χ1) is 15.8. The summed E-state index contributed by atoms with van der Waals surface area (Å²) in [7, 11) is 0. The van der Waals surface area contributed by atoms with E-state index in [0.717, 1.165) is 0 Å². The summed E-state index contributed by atoms with van der Waals surface area (Å²) >= 11 is 12.5. The van der Waals surface area contributed by atoms with Crippen molar-refractivity contribution in [1.82, 2.24) is 0 Å². The van der Waals surface area contributed by atoms with E-state index in [-0.39, 0.29) is 45.0 Å². The summed E-state index contributed by atoms with van der Waals surface area (Å²) in [6.45, 7) is 0.107. The summed E-state index contributed by atoms with van der Waals surface area (Å²) in [6.07, 6.45) is 1.29. The van der Waals surface area contributed by atoms with Crippen LogP contribution in [-0.4, -0.2) is 17.0 Å². The van der Waals surface area contributed by atoms with Crippen LogP contribution in [0.5, 0.6) is 5.75 Å². The fourth-order valence-corrected chi connectivity index (χ4v) is 3.39. The molecular weight excluding hydrogens is 470 g/mol. The largest absolute Gasteiger partial charge is 0.486 e. The van der Waals surface area contributed by atoms with Crippen LogP contribution < -0.4 is 10.1 Å². The van der Waals surface area contributed by atoms with Crippen molar-refractivity contribution in [3.05, 3.63) is 98.8 Å². The van der Waals surface area contributed by atoms with Gasteiger partial charge < -0.3 is 15.2 Å². The van der Waals surface area contributed by atoms with E-state index in [1.54, 1.807) is 18.2 Å². The summed E-state index contributed by atoms with van der Waals surface area (Å²) in [4.78, 5) is 23.6. The number of nitriles is 1. The second kappa shape index (κ2) is 10.6. The molecule has 0 radical (unpaired) electrons. The lowest BCUT2D eigenvalue weighted by molar-refractivity contribution is -0.112. The quantitative estimate of drug-likeness (QED) is 0.318. The Balaban J connectivity index is 1.77. The number of hydrogen-bond donors (Lipinski definition) is 2. The molecule has 0 aliphatic rings. The van der Waals surface area contributed by atoms with Crippen molar-refractivity contribution in [3.63, 3.8) is 0 Å². The van der Waals surface area contributed by atoms with Crippen molar-refractivity contribution in [1.29, 1.82) is 5.26 Å². The first-order valence-corrected chi connectivity index (χ1v) is 10.1. The molecule has 33 heavy (non-hydrogen) atoms. The Bertz CT molecular complexity index is 1260. The van der Waals surface area contributed by atoms with E-state index < -0.39 is 11.9 Å². The molecule has 2 N–H and O–H groups in total. The molecule has 0 fully saturated rings. The normalized spacial score (nSPS) is 10.9. The van der Waals surface area contributed by atoms with Gasteiger partial charge in [0.2, 0.25) is 0 Å². The molecule has 0 aromatic heterocycles. The smallest absolute Gasteiger partial charge is 0.335 e. The SMILES string of the molecule is N#C/C(=C/c1cc(Cl)c(OCc2ccc(F)cc2)c(Cl)c1)C(=O)Nc1cccc(C(=O)O)c1. The van der Waals surface area contributed by atoms with Gasteiger partial charge in [0.1, 0.15) is 24.1 Å². The van der Waals surface area contributed by atoms with E-state index in [0.29, 0.717) is 11.1 Å². The second-order valence-corrected chi connectivity index (χ2v) is 7.55. The Morgan fingerprint density at radius 2 is 1.76 bits per heavy atom. The third kappa shape index (κ3) is 6.32. The highest BCUT2D eigenvalue weighted by Crippen LogP contribution is 2.35. The highest BCUT2D eigenvalue weighted by molar-refractivity contribution is 6.37. The molecule has 6 nitrogen and oxygen atoms in total. The predicted molar refractivity (Wildman–Crippen MR) is 123 cm³/mol. The minimum Gasteiger partial charge on any atom is -0.486 e. The molecule has 0 unspecified atom stereocenters. The monoisotopic (exact) mass is 484 g/mol. The van der Waals surface area contributed by atoms with E-state index in [1.807, 2.05) is 0 Å². The standard InChI is InChI=1S/C24H15Cl2FN2O4/c25-20-9-15(10-21(26)22(20)33-13-14-4-6-18(27)7-5-14)8-17(12-28)23(30)29-19-3-1-2-16(11-19)24(31)32/h1-11H,13H2,(H,29,30)(H,31,32)/b17-8-. The van der Waals surface area contributed by atoms with Gasteiger partial charge in [-0.3, -0.25) is 4.79 Å². The zero-order valence-corrected chi connectivity index (χ0v) is 18.3. The Morgan fingerprint density at radius 1 is 1.09 bits per heavy atom. The van der Waals surface area contributed by atoms with Gasteiger partial charge in [-0.2, -0.15) is 5.26 Å². The van der Waals surface area contributed by atoms with Crippen LogP contribution in [0.3, 0.4) is 0 Å². The first-order valence-electron chi connectivity index (χ1n) is 9.39. The average molecular weight is 485 g/mol. The average Bonchev–Trinajstić information content (AvgIpc) is 2.78. The number of aromatic carboxylic acids is 1. The number of amides is 1. The minimum atomic E-state index is -1.15. The van der Waals surface area contributed by atoms with Gasteiger partial charge in [-0.05, 0) is 59.7 Å². The van der Waals surface area contributed by atoms with E-state index in [4.69, 9.17) is 33.0 Å². The number of rotatable bonds is 7. The van der Waals surface area contributed by atoms with Gasteiger partial charge in [-0.15, -0.1) is 0 Å². The van der Waals surface area contributed by atoms with E-state index in [2.05, 4.69) is 5.32 Å². The fourth-order valence-electron chi connectivity index (χ4n) is 2.78. The molecule has 3 rings (SSSR count). The molecule has 0 spiro atoms. The molecule has 3 aromatic carbocycles. The van der Waals surface area contributed by atoms with Crippen molar-refractivity contribution in [2.75, 3.05) is 5.32 Å². The number of benzene rings is 3. The molecule has 0 saturated heterocycles. The Labute approximate surface area is 198 Å². The molecule has 0 aliphatic heterocycles. The molecule has 0 heterocycles. The molecule has 0 aliphatic carbocycles. The number of halogens is 3. The van der Waals surface area contributed by atoms with Crippen LogP contribution in [0.4, 0.5) is 10.1 Å². The predicted octanol–water partition coefficient (Wildman–Crippen LogP) is 5.96. The van der Waals surface area contributed by atoms with Gasteiger partial charge in [0.15, 0.2) is 5.75 Å². The van der Waals surface area contributed by atoms with Crippen LogP contribution >= 0.6 is 23.2 Å². The summed E-state index contributed by atoms with van der Waals surface area (Å²) < 4.78 is 18.7. The summed E-state index contributed by atoms with van der Waals surface area (Å²) in [5, 5.41) is 21.3. The fraction of sp³-hybridized carbons (Fsp3) is 0.0417. The summed E-state index contributed by atoms with van der Waals surface area (Å²) in [6, 6.07) is 16.1. The van der Waals surface area contributed by atoms with Gasteiger partial charge >= 0.3 is 5.97 Å². The highest BCUT2D eigenvalue weighted by Gasteiger charge is 2.14. The van der Waals surface area contributed by atoms with E-state index >= 15 is 0 Å². The van der Waals surface area contributed by atoms with Crippen LogP contribution in [0, 0.1) is 17.1 Å². The van der Waals surface area contributed by atoms with Crippen LogP contribution in [0.2, 0.25) is 10.0 Å². The molecule has 1 amide bonds. The number of hydrogen-bond acceptors (Lipinski definition) is 4. The molecule has 0 saturated carbocycles. The maximum absolute atomic E-state index is 13.0. The molecule has 3 aromatic rings. The number of ether oxygens (including phenoxy) is 1. The number of carboxylic acids is 1. The molecular formula is C24H15Cl2FN2O4. The first kappa shape index (κ1) is 23.8. The zero-order chi connectivity index (χ0) is 24.0. The summed E-state index contributed by atoms with van der Waals surface area (Å²) in [5.41, 5.74) is 1.06. The van der Waals surface area contributed by atoms with E-state index in [9.17, 15) is 19.2 Å². The maximum atomic E-state index is 13.0. The topological polar surface area (TPSA) is 99.4 Å².